The van der Waals surface area contributed by atoms with Crippen molar-refractivity contribution in [2.75, 3.05) is 0 Å². The number of hydrogen-bond donors (Lipinski definition) is 1. The number of rotatable bonds is 5. The van der Waals surface area contributed by atoms with Gasteiger partial charge in [-0.25, -0.2) is 4.98 Å². The Morgan fingerprint density at radius 2 is 2.17 bits per heavy atom. The van der Waals surface area contributed by atoms with Gasteiger partial charge in [0.15, 0.2) is 0 Å². The number of para-hydroxylation sites is 1. The van der Waals surface area contributed by atoms with E-state index in [1.807, 2.05) is 13.1 Å². The molecule has 0 aliphatic heterocycles. The summed E-state index contributed by atoms with van der Waals surface area (Å²) in [7, 11) is 0. The summed E-state index contributed by atoms with van der Waals surface area (Å²) < 4.78 is 0. The van der Waals surface area contributed by atoms with Crippen molar-refractivity contribution in [1.82, 2.24) is 10.3 Å². The summed E-state index contributed by atoms with van der Waals surface area (Å²) in [5.74, 6) is 0. The molecule has 0 saturated heterocycles. The van der Waals surface area contributed by atoms with Crippen molar-refractivity contribution in [1.29, 1.82) is 0 Å². The number of hydrogen-bond acceptors (Lipinski definition) is 5. The zero-order valence-corrected chi connectivity index (χ0v) is 10.7. The zero-order valence-electron chi connectivity index (χ0n) is 9.92. The van der Waals surface area contributed by atoms with E-state index in [0.29, 0.717) is 18.7 Å². The van der Waals surface area contributed by atoms with Crippen molar-refractivity contribution in [3.05, 3.63) is 56.0 Å². The first-order valence-electron chi connectivity index (χ1n) is 5.51. The molecule has 1 N–H and O–H groups in total. The maximum absolute atomic E-state index is 10.8. The van der Waals surface area contributed by atoms with E-state index < -0.39 is 0 Å². The van der Waals surface area contributed by atoms with Gasteiger partial charge in [-0.1, -0.05) is 18.2 Å². The largest absolute Gasteiger partial charge is 0.307 e. The summed E-state index contributed by atoms with van der Waals surface area (Å²) >= 11 is 1.63. The number of aryl methyl sites for hydroxylation is 1. The van der Waals surface area contributed by atoms with Crippen molar-refractivity contribution >= 4 is 17.0 Å². The Labute approximate surface area is 109 Å². The van der Waals surface area contributed by atoms with E-state index in [1.54, 1.807) is 29.5 Å². The minimum Gasteiger partial charge on any atom is -0.307 e. The average molecular weight is 263 g/mol. The summed E-state index contributed by atoms with van der Waals surface area (Å²) in [6, 6.07) is 6.77. The number of benzene rings is 1. The van der Waals surface area contributed by atoms with Crippen LogP contribution < -0.4 is 5.32 Å². The number of aromatic nitrogens is 1. The monoisotopic (exact) mass is 263 g/mol. The number of nitrogens with one attached hydrogen (secondary N) is 1. The predicted octanol–water partition coefficient (Wildman–Crippen LogP) is 2.65. The van der Waals surface area contributed by atoms with Gasteiger partial charge in [0.25, 0.3) is 5.69 Å². The van der Waals surface area contributed by atoms with Crippen LogP contribution in [-0.2, 0) is 13.1 Å². The average Bonchev–Trinajstić information content (AvgIpc) is 2.75. The van der Waals surface area contributed by atoms with Crippen LogP contribution in [0.3, 0.4) is 0 Å². The molecule has 0 fully saturated rings. The second kappa shape index (κ2) is 5.70. The molecule has 1 aromatic heterocycles. The second-order valence-corrected chi connectivity index (χ2v) is 5.15. The Morgan fingerprint density at radius 3 is 2.83 bits per heavy atom. The van der Waals surface area contributed by atoms with Crippen molar-refractivity contribution in [2.24, 2.45) is 0 Å². The van der Waals surface area contributed by atoms with Gasteiger partial charge in [0.05, 0.1) is 9.93 Å². The molecule has 2 aromatic rings. The molecule has 0 radical (unpaired) electrons. The summed E-state index contributed by atoms with van der Waals surface area (Å²) in [5.41, 5.74) is 0.856. The fourth-order valence-electron chi connectivity index (χ4n) is 1.65. The molecule has 6 heteroatoms. The molecule has 0 atom stereocenters. The molecule has 0 aliphatic rings. The molecule has 0 saturated carbocycles. The highest BCUT2D eigenvalue weighted by molar-refractivity contribution is 7.11. The van der Waals surface area contributed by atoms with Gasteiger partial charge in [-0.3, -0.25) is 10.1 Å². The van der Waals surface area contributed by atoms with Crippen LogP contribution in [0.4, 0.5) is 5.69 Å². The van der Waals surface area contributed by atoms with Gasteiger partial charge in [-0.15, -0.1) is 11.3 Å². The van der Waals surface area contributed by atoms with E-state index in [1.165, 1.54) is 6.07 Å². The van der Waals surface area contributed by atoms with E-state index >= 15 is 0 Å². The SMILES string of the molecule is Cc1ncc(CNCc2ccccc2[N+](=O)[O-])s1. The fraction of sp³-hybridized carbons (Fsp3) is 0.250. The van der Waals surface area contributed by atoms with Crippen LogP contribution in [0.2, 0.25) is 0 Å². The van der Waals surface area contributed by atoms with Crippen LogP contribution in [-0.4, -0.2) is 9.91 Å². The number of nitro groups is 1. The number of thiazole rings is 1. The highest BCUT2D eigenvalue weighted by Crippen LogP contribution is 2.17. The third kappa shape index (κ3) is 3.12. The Morgan fingerprint density at radius 1 is 1.39 bits per heavy atom. The Balaban J connectivity index is 1.96. The van der Waals surface area contributed by atoms with Gasteiger partial charge in [0.1, 0.15) is 0 Å². The van der Waals surface area contributed by atoms with Crippen LogP contribution in [0.25, 0.3) is 0 Å². The highest BCUT2D eigenvalue weighted by Gasteiger charge is 2.11. The van der Waals surface area contributed by atoms with Gasteiger partial charge in [-0.05, 0) is 6.92 Å². The summed E-state index contributed by atoms with van der Waals surface area (Å²) in [6.45, 7) is 3.11. The maximum Gasteiger partial charge on any atom is 0.273 e. The van der Waals surface area contributed by atoms with Crippen LogP contribution in [0.5, 0.6) is 0 Å². The van der Waals surface area contributed by atoms with E-state index in [9.17, 15) is 10.1 Å². The lowest BCUT2D eigenvalue weighted by Crippen LogP contribution is -2.13. The van der Waals surface area contributed by atoms with Gasteiger partial charge in [-0.2, -0.15) is 0 Å². The summed E-state index contributed by atoms with van der Waals surface area (Å²) in [5, 5.41) is 15.0. The predicted molar refractivity (Wildman–Crippen MR) is 70.5 cm³/mol. The molecular formula is C12H13N3O2S. The van der Waals surface area contributed by atoms with Gasteiger partial charge in [0, 0.05) is 35.8 Å². The topological polar surface area (TPSA) is 68.1 Å². The smallest absolute Gasteiger partial charge is 0.273 e. The van der Waals surface area contributed by atoms with E-state index in [0.717, 1.165) is 9.88 Å². The van der Waals surface area contributed by atoms with E-state index in [4.69, 9.17) is 0 Å². The zero-order chi connectivity index (χ0) is 13.0. The first kappa shape index (κ1) is 12.7. The van der Waals surface area contributed by atoms with Crippen molar-refractivity contribution < 1.29 is 4.92 Å². The Bertz CT molecular complexity index is 554. The Hall–Kier alpha value is -1.79. The van der Waals surface area contributed by atoms with Crippen LogP contribution >= 0.6 is 11.3 Å². The Kier molecular flexibility index (Phi) is 4.01. The maximum atomic E-state index is 10.8. The molecule has 0 bridgehead atoms. The minimum atomic E-state index is -0.353. The second-order valence-electron chi connectivity index (χ2n) is 3.83. The quantitative estimate of drug-likeness (QED) is 0.665. The van der Waals surface area contributed by atoms with E-state index in [-0.39, 0.29) is 10.6 Å². The van der Waals surface area contributed by atoms with Crippen molar-refractivity contribution in [2.45, 2.75) is 20.0 Å². The molecular weight excluding hydrogens is 250 g/mol. The minimum absolute atomic E-state index is 0.158. The van der Waals surface area contributed by atoms with Gasteiger partial charge >= 0.3 is 0 Å². The molecule has 0 spiro atoms. The molecule has 18 heavy (non-hydrogen) atoms. The molecule has 0 unspecified atom stereocenters. The third-order valence-electron chi connectivity index (χ3n) is 2.47. The van der Waals surface area contributed by atoms with Crippen LogP contribution in [0.1, 0.15) is 15.4 Å². The summed E-state index contributed by atoms with van der Waals surface area (Å²) in [4.78, 5) is 15.8. The van der Waals surface area contributed by atoms with E-state index in [2.05, 4.69) is 10.3 Å². The lowest BCUT2D eigenvalue weighted by molar-refractivity contribution is -0.385. The van der Waals surface area contributed by atoms with Crippen molar-refractivity contribution in [3.8, 4) is 0 Å². The van der Waals surface area contributed by atoms with Crippen LogP contribution in [0.15, 0.2) is 30.5 Å². The lowest BCUT2D eigenvalue weighted by atomic mass is 10.2. The third-order valence-corrected chi connectivity index (χ3v) is 3.38. The molecule has 5 nitrogen and oxygen atoms in total. The molecule has 1 heterocycles. The standard InChI is InChI=1S/C12H13N3O2S/c1-9-14-8-11(18-9)7-13-6-10-4-2-3-5-12(10)15(16)17/h2-5,8,13H,6-7H2,1H3. The highest BCUT2D eigenvalue weighted by atomic mass is 32.1. The normalized spacial score (nSPS) is 10.5. The van der Waals surface area contributed by atoms with Gasteiger partial charge < -0.3 is 5.32 Å². The first-order chi connectivity index (χ1) is 8.66. The van der Waals surface area contributed by atoms with Crippen LogP contribution in [0, 0.1) is 17.0 Å². The number of nitrogens with zero attached hydrogens (tertiary/aromatic N) is 2. The van der Waals surface area contributed by atoms with Gasteiger partial charge in [0.2, 0.25) is 0 Å². The fourth-order valence-corrected chi connectivity index (χ4v) is 2.41. The molecule has 0 aliphatic carbocycles. The molecule has 2 rings (SSSR count). The molecule has 1 aromatic carbocycles. The molecule has 0 amide bonds. The summed E-state index contributed by atoms with van der Waals surface area (Å²) in [6.07, 6.45) is 1.83. The lowest BCUT2D eigenvalue weighted by Gasteiger charge is -2.03. The van der Waals surface area contributed by atoms with Crippen molar-refractivity contribution in [3.63, 3.8) is 0 Å². The number of nitro benzene ring substituents is 1. The molecule has 94 valence electrons. The first-order valence-corrected chi connectivity index (χ1v) is 6.33.